The number of ether oxygens (including phenoxy) is 1. The standard InChI is InChI=1S/C21H30N2O4S/c1-27-20-8-7-18(28(25,26)23-10-2-3-11-23)14-17(20)6-9-21(24)22-19-13-15-4-5-16(19)12-15/h7-8,14-16,19H,2-6,9-13H2,1H3,(H,22,24). The number of carbonyl (C=O) groups excluding carboxylic acids is 1. The number of fused-ring (bicyclic) bond motifs is 2. The molecule has 4 rings (SSSR count). The summed E-state index contributed by atoms with van der Waals surface area (Å²) in [6.07, 6.45) is 7.55. The zero-order valence-corrected chi connectivity index (χ0v) is 17.3. The van der Waals surface area contributed by atoms with Gasteiger partial charge < -0.3 is 10.1 Å². The van der Waals surface area contributed by atoms with Crippen LogP contribution in [0.1, 0.15) is 50.5 Å². The van der Waals surface area contributed by atoms with Gasteiger partial charge in [-0.2, -0.15) is 4.31 Å². The maximum Gasteiger partial charge on any atom is 0.243 e. The lowest BCUT2D eigenvalue weighted by molar-refractivity contribution is -0.122. The van der Waals surface area contributed by atoms with Crippen LogP contribution in [0.25, 0.3) is 0 Å². The lowest BCUT2D eigenvalue weighted by Gasteiger charge is -2.23. The first-order valence-electron chi connectivity index (χ1n) is 10.4. The molecule has 1 heterocycles. The molecule has 2 saturated carbocycles. The number of methoxy groups -OCH3 is 1. The van der Waals surface area contributed by atoms with Gasteiger partial charge in [0, 0.05) is 25.6 Å². The van der Waals surface area contributed by atoms with Gasteiger partial charge in [0.15, 0.2) is 0 Å². The minimum absolute atomic E-state index is 0.0485. The predicted octanol–water partition coefficient (Wildman–Crippen LogP) is 2.72. The van der Waals surface area contributed by atoms with Gasteiger partial charge in [-0.25, -0.2) is 8.42 Å². The molecule has 0 aromatic heterocycles. The Kier molecular flexibility index (Phi) is 5.65. The highest BCUT2D eigenvalue weighted by Crippen LogP contribution is 2.44. The summed E-state index contributed by atoms with van der Waals surface area (Å²) in [6, 6.07) is 5.31. The SMILES string of the molecule is COc1ccc(S(=O)(=O)N2CCCC2)cc1CCC(=O)NC1CC2CCC1C2. The maximum absolute atomic E-state index is 12.8. The third-order valence-electron chi connectivity index (χ3n) is 6.66. The van der Waals surface area contributed by atoms with Crippen molar-refractivity contribution in [1.29, 1.82) is 0 Å². The first kappa shape index (κ1) is 19.7. The fraction of sp³-hybridized carbons (Fsp3) is 0.667. The average Bonchev–Trinajstić information content (AvgIpc) is 3.44. The van der Waals surface area contributed by atoms with Gasteiger partial charge in [0.2, 0.25) is 15.9 Å². The Morgan fingerprint density at radius 2 is 2.00 bits per heavy atom. The van der Waals surface area contributed by atoms with Crippen molar-refractivity contribution in [2.45, 2.75) is 62.3 Å². The van der Waals surface area contributed by atoms with Crippen molar-refractivity contribution < 1.29 is 17.9 Å². The minimum atomic E-state index is -3.47. The molecule has 154 valence electrons. The number of nitrogens with zero attached hydrogens (tertiary/aromatic N) is 1. The van der Waals surface area contributed by atoms with Gasteiger partial charge in [0.05, 0.1) is 12.0 Å². The normalized spacial score (nSPS) is 27.2. The highest BCUT2D eigenvalue weighted by atomic mass is 32.2. The number of amides is 1. The predicted molar refractivity (Wildman–Crippen MR) is 107 cm³/mol. The summed E-state index contributed by atoms with van der Waals surface area (Å²) >= 11 is 0. The molecule has 2 aliphatic carbocycles. The Bertz CT molecular complexity index is 833. The van der Waals surface area contributed by atoms with Crippen molar-refractivity contribution in [3.63, 3.8) is 0 Å². The van der Waals surface area contributed by atoms with Crippen LogP contribution in [0.4, 0.5) is 0 Å². The third-order valence-corrected chi connectivity index (χ3v) is 8.56. The van der Waals surface area contributed by atoms with Crippen molar-refractivity contribution in [1.82, 2.24) is 9.62 Å². The summed E-state index contributed by atoms with van der Waals surface area (Å²) in [4.78, 5) is 12.8. The molecule has 7 heteroatoms. The Balaban J connectivity index is 1.42. The van der Waals surface area contributed by atoms with E-state index < -0.39 is 10.0 Å². The molecule has 3 atom stereocenters. The number of carbonyl (C=O) groups is 1. The molecule has 28 heavy (non-hydrogen) atoms. The smallest absolute Gasteiger partial charge is 0.243 e. The van der Waals surface area contributed by atoms with E-state index in [1.165, 1.54) is 19.3 Å². The number of benzene rings is 1. The molecule has 3 unspecified atom stereocenters. The fourth-order valence-corrected chi connectivity index (χ4v) is 6.71. The van der Waals surface area contributed by atoms with Crippen LogP contribution in [0.15, 0.2) is 23.1 Å². The molecule has 3 aliphatic rings. The molecule has 0 radical (unpaired) electrons. The number of rotatable bonds is 7. The van der Waals surface area contributed by atoms with Gasteiger partial charge >= 0.3 is 0 Å². The molecule has 1 aromatic carbocycles. The average molecular weight is 407 g/mol. The maximum atomic E-state index is 12.8. The summed E-state index contributed by atoms with van der Waals surface area (Å²) in [5, 5.41) is 3.20. The van der Waals surface area contributed by atoms with E-state index in [1.807, 2.05) is 0 Å². The Morgan fingerprint density at radius 3 is 2.64 bits per heavy atom. The summed E-state index contributed by atoms with van der Waals surface area (Å²) in [5.41, 5.74) is 0.769. The molecule has 1 amide bonds. The molecule has 2 bridgehead atoms. The zero-order chi connectivity index (χ0) is 19.7. The van der Waals surface area contributed by atoms with E-state index in [0.29, 0.717) is 48.5 Å². The van der Waals surface area contributed by atoms with Crippen molar-refractivity contribution in [3.05, 3.63) is 23.8 Å². The van der Waals surface area contributed by atoms with Gasteiger partial charge in [0.25, 0.3) is 0 Å². The molecule has 1 saturated heterocycles. The van der Waals surface area contributed by atoms with E-state index in [0.717, 1.165) is 30.7 Å². The highest BCUT2D eigenvalue weighted by Gasteiger charge is 2.40. The number of nitrogens with one attached hydrogen (secondary N) is 1. The van der Waals surface area contributed by atoms with Gasteiger partial charge in [-0.3, -0.25) is 4.79 Å². The van der Waals surface area contributed by atoms with Crippen LogP contribution >= 0.6 is 0 Å². The largest absolute Gasteiger partial charge is 0.496 e. The van der Waals surface area contributed by atoms with Crippen molar-refractivity contribution in [2.24, 2.45) is 11.8 Å². The van der Waals surface area contributed by atoms with Crippen molar-refractivity contribution in [2.75, 3.05) is 20.2 Å². The van der Waals surface area contributed by atoms with Gasteiger partial charge in [-0.05, 0) is 74.1 Å². The number of aryl methyl sites for hydroxylation is 1. The molecule has 1 N–H and O–H groups in total. The molecule has 1 aliphatic heterocycles. The molecular formula is C21H30N2O4S. The fourth-order valence-electron chi connectivity index (χ4n) is 5.14. The van der Waals surface area contributed by atoms with E-state index in [2.05, 4.69) is 5.32 Å². The summed E-state index contributed by atoms with van der Waals surface area (Å²) < 4.78 is 32.6. The van der Waals surface area contributed by atoms with Crippen LogP contribution in [-0.4, -0.2) is 44.9 Å². The van der Waals surface area contributed by atoms with Crippen molar-refractivity contribution in [3.8, 4) is 5.75 Å². The Hall–Kier alpha value is -1.60. The van der Waals surface area contributed by atoms with E-state index >= 15 is 0 Å². The van der Waals surface area contributed by atoms with E-state index in [1.54, 1.807) is 29.6 Å². The van der Waals surface area contributed by atoms with Crippen molar-refractivity contribution >= 4 is 15.9 Å². The quantitative estimate of drug-likeness (QED) is 0.755. The van der Waals surface area contributed by atoms with Crippen LogP contribution < -0.4 is 10.1 Å². The number of hydrogen-bond donors (Lipinski definition) is 1. The summed E-state index contributed by atoms with van der Waals surface area (Å²) in [6.45, 7) is 1.16. The molecule has 0 spiro atoms. The third kappa shape index (κ3) is 3.92. The highest BCUT2D eigenvalue weighted by molar-refractivity contribution is 7.89. The van der Waals surface area contributed by atoms with Crippen LogP contribution in [0.2, 0.25) is 0 Å². The first-order chi connectivity index (χ1) is 13.5. The Morgan fingerprint density at radius 1 is 1.21 bits per heavy atom. The van der Waals surface area contributed by atoms with E-state index in [4.69, 9.17) is 4.74 Å². The van der Waals surface area contributed by atoms with Gasteiger partial charge in [-0.1, -0.05) is 6.42 Å². The topological polar surface area (TPSA) is 75.7 Å². The van der Waals surface area contributed by atoms with Crippen LogP contribution in [0.3, 0.4) is 0 Å². The molecular weight excluding hydrogens is 376 g/mol. The second-order valence-corrected chi connectivity index (χ2v) is 10.4. The molecule has 6 nitrogen and oxygen atoms in total. The first-order valence-corrected chi connectivity index (χ1v) is 11.9. The van der Waals surface area contributed by atoms with Crippen LogP contribution in [0.5, 0.6) is 5.75 Å². The lowest BCUT2D eigenvalue weighted by atomic mass is 9.95. The molecule has 3 fully saturated rings. The minimum Gasteiger partial charge on any atom is -0.496 e. The summed E-state index contributed by atoms with van der Waals surface area (Å²) in [5.74, 6) is 2.13. The van der Waals surface area contributed by atoms with Gasteiger partial charge in [0.1, 0.15) is 5.75 Å². The van der Waals surface area contributed by atoms with Crippen LogP contribution in [-0.2, 0) is 21.2 Å². The summed E-state index contributed by atoms with van der Waals surface area (Å²) in [7, 11) is -1.90. The lowest BCUT2D eigenvalue weighted by Crippen LogP contribution is -2.38. The monoisotopic (exact) mass is 406 g/mol. The van der Waals surface area contributed by atoms with Crippen LogP contribution in [0, 0.1) is 11.8 Å². The molecule has 1 aromatic rings. The van der Waals surface area contributed by atoms with Gasteiger partial charge in [-0.15, -0.1) is 0 Å². The zero-order valence-electron chi connectivity index (χ0n) is 16.5. The number of sulfonamides is 1. The Labute approximate surface area is 167 Å². The second-order valence-electron chi connectivity index (χ2n) is 8.43. The second kappa shape index (κ2) is 8.03. The van der Waals surface area contributed by atoms with E-state index in [9.17, 15) is 13.2 Å². The van der Waals surface area contributed by atoms with E-state index in [-0.39, 0.29) is 5.91 Å². The number of hydrogen-bond acceptors (Lipinski definition) is 4.